The maximum absolute atomic E-state index is 11.6. The number of rotatable bonds is 3. The number of methoxy groups -OCH3 is 1. The number of aromatic nitrogens is 2. The fourth-order valence-corrected chi connectivity index (χ4v) is 1.83. The van der Waals surface area contributed by atoms with Crippen molar-refractivity contribution in [3.8, 4) is 0 Å². The summed E-state index contributed by atoms with van der Waals surface area (Å²) >= 11 is 0. The highest BCUT2D eigenvalue weighted by Crippen LogP contribution is 2.20. The van der Waals surface area contributed by atoms with E-state index in [1.54, 1.807) is 17.4 Å². The number of aromatic amines is 1. The van der Waals surface area contributed by atoms with E-state index in [0.29, 0.717) is 13.1 Å². The van der Waals surface area contributed by atoms with Gasteiger partial charge in [0.1, 0.15) is 0 Å². The van der Waals surface area contributed by atoms with Crippen molar-refractivity contribution in [2.75, 3.05) is 13.7 Å². The molecule has 1 unspecified atom stereocenters. The normalized spacial score (nSPS) is 20.2. The molecular weight excluding hydrogens is 210 g/mol. The minimum Gasteiger partial charge on any atom is -0.469 e. The van der Waals surface area contributed by atoms with Gasteiger partial charge in [-0.2, -0.15) is 0 Å². The number of carbonyl (C=O) groups is 2. The Hall–Kier alpha value is -1.85. The molecule has 1 aromatic rings. The summed E-state index contributed by atoms with van der Waals surface area (Å²) in [5, 5.41) is 0. The zero-order chi connectivity index (χ0) is 11.5. The Balaban J connectivity index is 1.97. The number of likely N-dealkylation sites (tertiary alicyclic amines) is 1. The molecule has 0 aromatic carbocycles. The molecule has 16 heavy (non-hydrogen) atoms. The third-order valence-corrected chi connectivity index (χ3v) is 2.67. The number of carbonyl (C=O) groups excluding carboxylic acids is 2. The minimum absolute atomic E-state index is 0.0231. The fraction of sp³-hybridized carbons (Fsp3) is 0.500. The highest BCUT2D eigenvalue weighted by atomic mass is 16.5. The molecule has 2 rings (SSSR count). The first-order valence-corrected chi connectivity index (χ1v) is 5.03. The van der Waals surface area contributed by atoms with Gasteiger partial charge in [0, 0.05) is 19.2 Å². The monoisotopic (exact) mass is 223 g/mol. The van der Waals surface area contributed by atoms with Crippen molar-refractivity contribution in [3.63, 3.8) is 0 Å². The van der Waals surface area contributed by atoms with Crippen LogP contribution in [0.3, 0.4) is 0 Å². The van der Waals surface area contributed by atoms with Gasteiger partial charge >= 0.3 is 5.97 Å². The van der Waals surface area contributed by atoms with Gasteiger partial charge in [-0.05, 0) is 0 Å². The Kier molecular flexibility index (Phi) is 2.89. The molecule has 6 nitrogen and oxygen atoms in total. The molecule has 0 aliphatic carbocycles. The van der Waals surface area contributed by atoms with Crippen LogP contribution in [0.15, 0.2) is 12.5 Å². The molecule has 1 aliphatic heterocycles. The van der Waals surface area contributed by atoms with E-state index in [1.807, 2.05) is 0 Å². The zero-order valence-corrected chi connectivity index (χ0v) is 8.97. The smallest absolute Gasteiger partial charge is 0.310 e. The van der Waals surface area contributed by atoms with Crippen molar-refractivity contribution in [1.29, 1.82) is 0 Å². The van der Waals surface area contributed by atoms with Crippen molar-refractivity contribution < 1.29 is 14.3 Å². The predicted octanol–water partition coefficient (Wildman–Crippen LogP) is -0.0688. The fourth-order valence-electron chi connectivity index (χ4n) is 1.83. The summed E-state index contributed by atoms with van der Waals surface area (Å²) in [5.74, 6) is -0.675. The van der Waals surface area contributed by atoms with Gasteiger partial charge in [-0.15, -0.1) is 0 Å². The third-order valence-electron chi connectivity index (χ3n) is 2.67. The molecule has 1 aliphatic rings. The van der Waals surface area contributed by atoms with E-state index in [1.165, 1.54) is 7.11 Å². The van der Waals surface area contributed by atoms with Crippen LogP contribution in [-0.2, 0) is 20.9 Å². The maximum Gasteiger partial charge on any atom is 0.310 e. The lowest BCUT2D eigenvalue weighted by Gasteiger charge is -2.14. The van der Waals surface area contributed by atoms with Gasteiger partial charge in [-0.1, -0.05) is 0 Å². The first kappa shape index (κ1) is 10.7. The quantitative estimate of drug-likeness (QED) is 0.728. The Morgan fingerprint density at radius 2 is 2.56 bits per heavy atom. The number of hydrogen-bond donors (Lipinski definition) is 1. The lowest BCUT2D eigenvalue weighted by molar-refractivity contribution is -0.145. The van der Waals surface area contributed by atoms with Crippen LogP contribution in [0.5, 0.6) is 0 Å². The molecular formula is C10H13N3O3. The highest BCUT2D eigenvalue weighted by Gasteiger charge is 2.34. The zero-order valence-electron chi connectivity index (χ0n) is 8.97. The minimum atomic E-state index is -0.333. The van der Waals surface area contributed by atoms with Crippen molar-refractivity contribution in [1.82, 2.24) is 14.9 Å². The van der Waals surface area contributed by atoms with Gasteiger partial charge in [0.15, 0.2) is 0 Å². The summed E-state index contributed by atoms with van der Waals surface area (Å²) < 4.78 is 4.63. The Labute approximate surface area is 92.6 Å². The SMILES string of the molecule is COC(=O)C1CC(=O)N(Cc2cnc[nH]2)C1. The van der Waals surface area contributed by atoms with E-state index in [4.69, 9.17) is 0 Å². The number of esters is 1. The first-order chi connectivity index (χ1) is 7.70. The summed E-state index contributed by atoms with van der Waals surface area (Å²) in [6.45, 7) is 0.886. The van der Waals surface area contributed by atoms with Crippen LogP contribution in [-0.4, -0.2) is 40.4 Å². The topological polar surface area (TPSA) is 75.3 Å². The van der Waals surface area contributed by atoms with Gasteiger partial charge in [-0.25, -0.2) is 4.98 Å². The van der Waals surface area contributed by atoms with Crippen LogP contribution >= 0.6 is 0 Å². The Morgan fingerprint density at radius 3 is 3.19 bits per heavy atom. The number of amides is 1. The molecule has 2 heterocycles. The summed E-state index contributed by atoms with van der Waals surface area (Å²) in [7, 11) is 1.34. The summed E-state index contributed by atoms with van der Waals surface area (Å²) in [6.07, 6.45) is 3.47. The van der Waals surface area contributed by atoms with Crippen molar-refractivity contribution in [3.05, 3.63) is 18.2 Å². The number of nitrogens with one attached hydrogen (secondary N) is 1. The van der Waals surface area contributed by atoms with Gasteiger partial charge in [0.25, 0.3) is 0 Å². The van der Waals surface area contributed by atoms with E-state index in [9.17, 15) is 9.59 Å². The molecule has 1 saturated heterocycles. The van der Waals surface area contributed by atoms with Gasteiger partial charge < -0.3 is 14.6 Å². The first-order valence-electron chi connectivity index (χ1n) is 5.03. The summed E-state index contributed by atoms with van der Waals surface area (Å²) in [6, 6.07) is 0. The second kappa shape index (κ2) is 4.34. The molecule has 1 fully saturated rings. The average Bonchev–Trinajstić information content (AvgIpc) is 2.89. The highest BCUT2D eigenvalue weighted by molar-refractivity contribution is 5.86. The van der Waals surface area contributed by atoms with Gasteiger partial charge in [0.05, 0.1) is 31.6 Å². The standard InChI is InChI=1S/C10H13N3O3/c1-16-10(15)7-2-9(14)13(4-7)5-8-3-11-6-12-8/h3,6-7H,2,4-5H2,1H3,(H,11,12). The van der Waals surface area contributed by atoms with Gasteiger partial charge in [0.2, 0.25) is 5.91 Å². The van der Waals surface area contributed by atoms with Crippen LogP contribution in [0.25, 0.3) is 0 Å². The molecule has 86 valence electrons. The molecule has 1 amide bonds. The number of ether oxygens (including phenoxy) is 1. The van der Waals surface area contributed by atoms with Crippen molar-refractivity contribution in [2.24, 2.45) is 5.92 Å². The van der Waals surface area contributed by atoms with Crippen LogP contribution < -0.4 is 0 Å². The largest absolute Gasteiger partial charge is 0.469 e. The second-order valence-corrected chi connectivity index (χ2v) is 3.78. The van der Waals surface area contributed by atoms with Crippen LogP contribution in [0, 0.1) is 5.92 Å². The molecule has 0 spiro atoms. The lowest BCUT2D eigenvalue weighted by atomic mass is 10.1. The molecule has 0 saturated carbocycles. The Morgan fingerprint density at radius 1 is 1.75 bits per heavy atom. The predicted molar refractivity (Wildman–Crippen MR) is 54.1 cm³/mol. The van der Waals surface area contributed by atoms with Crippen LogP contribution in [0.2, 0.25) is 0 Å². The third kappa shape index (κ3) is 2.05. The molecule has 1 atom stereocenters. The van der Waals surface area contributed by atoms with E-state index in [0.717, 1.165) is 5.69 Å². The molecule has 0 bridgehead atoms. The van der Waals surface area contributed by atoms with E-state index in [2.05, 4.69) is 14.7 Å². The number of H-pyrrole nitrogens is 1. The summed E-state index contributed by atoms with van der Waals surface area (Å²) in [5.41, 5.74) is 0.860. The van der Waals surface area contributed by atoms with E-state index < -0.39 is 0 Å². The number of imidazole rings is 1. The van der Waals surface area contributed by atoms with Crippen LogP contribution in [0.4, 0.5) is 0 Å². The summed E-state index contributed by atoms with van der Waals surface area (Å²) in [4.78, 5) is 31.3. The van der Waals surface area contributed by atoms with Crippen LogP contribution in [0.1, 0.15) is 12.1 Å². The lowest BCUT2D eigenvalue weighted by Crippen LogP contribution is -2.26. The molecule has 6 heteroatoms. The average molecular weight is 223 g/mol. The molecule has 0 radical (unpaired) electrons. The van der Waals surface area contributed by atoms with E-state index >= 15 is 0 Å². The maximum atomic E-state index is 11.6. The van der Waals surface area contributed by atoms with Crippen molar-refractivity contribution >= 4 is 11.9 Å². The Bertz CT molecular complexity index is 388. The molecule has 1 N–H and O–H groups in total. The second-order valence-electron chi connectivity index (χ2n) is 3.78. The number of hydrogen-bond acceptors (Lipinski definition) is 4. The van der Waals surface area contributed by atoms with Crippen molar-refractivity contribution in [2.45, 2.75) is 13.0 Å². The number of nitrogens with zero attached hydrogens (tertiary/aromatic N) is 2. The van der Waals surface area contributed by atoms with E-state index in [-0.39, 0.29) is 24.2 Å². The molecule has 1 aromatic heterocycles. The van der Waals surface area contributed by atoms with Gasteiger partial charge in [-0.3, -0.25) is 9.59 Å².